The molecule has 18 heavy (non-hydrogen) atoms. The monoisotopic (exact) mass is 251 g/mol. The molecule has 0 bridgehead atoms. The zero-order chi connectivity index (χ0) is 13.5. The van der Waals surface area contributed by atoms with Gasteiger partial charge < -0.3 is 10.2 Å². The molecule has 1 aliphatic heterocycles. The molecule has 1 saturated heterocycles. The summed E-state index contributed by atoms with van der Waals surface area (Å²) in [5, 5.41) is 2.97. The second kappa shape index (κ2) is 7.31. The Morgan fingerprint density at radius 1 is 1.44 bits per heavy atom. The Bertz CT molecular complexity index is 328. The van der Waals surface area contributed by atoms with Crippen molar-refractivity contribution >= 4 is 11.6 Å². The molecule has 0 spiro atoms. The molecule has 1 N–H and O–H groups in total. The van der Waals surface area contributed by atoms with E-state index in [1.165, 1.54) is 0 Å². The zero-order valence-corrected chi connectivity index (χ0v) is 11.9. The molecule has 1 fully saturated rings. The van der Waals surface area contributed by atoms with Crippen LogP contribution in [0.5, 0.6) is 0 Å². The lowest BCUT2D eigenvalue weighted by Crippen LogP contribution is -2.41. The van der Waals surface area contributed by atoms with Gasteiger partial charge in [-0.05, 0) is 59.8 Å². The van der Waals surface area contributed by atoms with Gasteiger partial charge in [-0.1, -0.05) is 6.08 Å². The van der Waals surface area contributed by atoms with Gasteiger partial charge in [-0.25, -0.2) is 0 Å². The summed E-state index contributed by atoms with van der Waals surface area (Å²) in [5.41, 5.74) is 0.939. The standard InChI is InChI=1S/C14H25N3O/c1-5-6-11(2)15-12(3)16-14(18)13-7-9-17(4)10-8-13/h5-6,12-13H,7-10H2,1-4H3,(H,16,18)/b6-5-,15-11-. The number of hydrogen-bond donors (Lipinski definition) is 1. The molecule has 4 nitrogen and oxygen atoms in total. The molecule has 1 unspecified atom stereocenters. The molecule has 0 radical (unpaired) electrons. The van der Waals surface area contributed by atoms with E-state index in [0.29, 0.717) is 0 Å². The lowest BCUT2D eigenvalue weighted by molar-refractivity contribution is -0.126. The van der Waals surface area contributed by atoms with Crippen molar-refractivity contribution in [3.05, 3.63) is 12.2 Å². The highest BCUT2D eigenvalue weighted by atomic mass is 16.2. The summed E-state index contributed by atoms with van der Waals surface area (Å²) in [5.74, 6) is 0.300. The van der Waals surface area contributed by atoms with E-state index in [0.717, 1.165) is 31.6 Å². The van der Waals surface area contributed by atoms with Gasteiger partial charge in [0.1, 0.15) is 6.17 Å². The Labute approximate surface area is 110 Å². The minimum atomic E-state index is -0.145. The van der Waals surface area contributed by atoms with Crippen molar-refractivity contribution in [3.63, 3.8) is 0 Å². The number of piperidine rings is 1. The van der Waals surface area contributed by atoms with Gasteiger partial charge in [-0.15, -0.1) is 0 Å². The first-order valence-electron chi connectivity index (χ1n) is 6.69. The normalized spacial score (nSPS) is 21.2. The minimum absolute atomic E-state index is 0.145. The summed E-state index contributed by atoms with van der Waals surface area (Å²) in [6.45, 7) is 7.83. The summed E-state index contributed by atoms with van der Waals surface area (Å²) < 4.78 is 0. The van der Waals surface area contributed by atoms with Crippen molar-refractivity contribution in [2.24, 2.45) is 10.9 Å². The number of aliphatic imine (C=N–C) groups is 1. The molecule has 4 heteroatoms. The second-order valence-corrected chi connectivity index (χ2v) is 5.03. The molecule has 0 aliphatic carbocycles. The fourth-order valence-corrected chi connectivity index (χ4v) is 2.22. The fraction of sp³-hybridized carbons (Fsp3) is 0.714. The van der Waals surface area contributed by atoms with Crippen molar-refractivity contribution in [2.75, 3.05) is 20.1 Å². The Balaban J connectivity index is 2.42. The molecule has 1 rings (SSSR count). The predicted octanol–water partition coefficient (Wildman–Crippen LogP) is 1.83. The van der Waals surface area contributed by atoms with Gasteiger partial charge in [0.25, 0.3) is 0 Å². The molecule has 0 saturated carbocycles. The van der Waals surface area contributed by atoms with Crippen LogP contribution in [0.1, 0.15) is 33.6 Å². The maximum atomic E-state index is 12.0. The van der Waals surface area contributed by atoms with Crippen LogP contribution in [0.25, 0.3) is 0 Å². The lowest BCUT2D eigenvalue weighted by Gasteiger charge is -2.28. The predicted molar refractivity (Wildman–Crippen MR) is 75.7 cm³/mol. The highest BCUT2D eigenvalue weighted by Gasteiger charge is 2.23. The fourth-order valence-electron chi connectivity index (χ4n) is 2.22. The molecule has 0 aromatic rings. The van der Waals surface area contributed by atoms with Crippen molar-refractivity contribution in [1.82, 2.24) is 10.2 Å². The lowest BCUT2D eigenvalue weighted by atomic mass is 9.96. The van der Waals surface area contributed by atoms with Crippen LogP contribution in [0.15, 0.2) is 17.1 Å². The molecule has 102 valence electrons. The largest absolute Gasteiger partial charge is 0.334 e. The van der Waals surface area contributed by atoms with Crippen molar-refractivity contribution in [2.45, 2.75) is 39.8 Å². The Morgan fingerprint density at radius 2 is 2.06 bits per heavy atom. The van der Waals surface area contributed by atoms with Gasteiger partial charge in [0.05, 0.1) is 0 Å². The van der Waals surface area contributed by atoms with Crippen LogP contribution in [0.2, 0.25) is 0 Å². The quantitative estimate of drug-likeness (QED) is 0.775. The Hall–Kier alpha value is -1.16. The van der Waals surface area contributed by atoms with E-state index in [2.05, 4.69) is 22.3 Å². The van der Waals surface area contributed by atoms with Crippen LogP contribution in [0.3, 0.4) is 0 Å². The Kier molecular flexibility index (Phi) is 6.05. The van der Waals surface area contributed by atoms with Gasteiger partial charge >= 0.3 is 0 Å². The van der Waals surface area contributed by atoms with Crippen LogP contribution in [0, 0.1) is 5.92 Å². The SMILES string of the molecule is C/C=C\C(C)=N/C(C)NC(=O)C1CCN(C)CC1. The minimum Gasteiger partial charge on any atom is -0.334 e. The molecule has 0 aromatic heterocycles. The van der Waals surface area contributed by atoms with Gasteiger partial charge in [0.2, 0.25) is 5.91 Å². The first-order chi connectivity index (χ1) is 8.52. The molecule has 1 atom stereocenters. The van der Waals surface area contributed by atoms with Gasteiger partial charge in [-0.3, -0.25) is 9.79 Å². The molecule has 1 amide bonds. The molecule has 1 heterocycles. The van der Waals surface area contributed by atoms with Gasteiger partial charge in [-0.2, -0.15) is 0 Å². The van der Waals surface area contributed by atoms with E-state index in [-0.39, 0.29) is 18.0 Å². The van der Waals surface area contributed by atoms with Gasteiger partial charge in [0.15, 0.2) is 0 Å². The number of rotatable bonds is 4. The number of allylic oxidation sites excluding steroid dienone is 2. The summed E-state index contributed by atoms with van der Waals surface area (Å²) in [7, 11) is 2.10. The number of nitrogens with one attached hydrogen (secondary N) is 1. The number of amides is 1. The third-order valence-corrected chi connectivity index (χ3v) is 3.25. The second-order valence-electron chi connectivity index (χ2n) is 5.03. The zero-order valence-electron chi connectivity index (χ0n) is 11.9. The summed E-state index contributed by atoms with van der Waals surface area (Å²) >= 11 is 0. The molecular formula is C14H25N3O. The molecule has 0 aromatic carbocycles. The van der Waals surface area contributed by atoms with E-state index >= 15 is 0 Å². The van der Waals surface area contributed by atoms with E-state index in [4.69, 9.17) is 0 Å². The third-order valence-electron chi connectivity index (χ3n) is 3.25. The maximum Gasteiger partial charge on any atom is 0.224 e. The maximum absolute atomic E-state index is 12.0. The number of hydrogen-bond acceptors (Lipinski definition) is 3. The van der Waals surface area contributed by atoms with E-state index in [9.17, 15) is 4.79 Å². The van der Waals surface area contributed by atoms with Crippen molar-refractivity contribution in [1.29, 1.82) is 0 Å². The average Bonchev–Trinajstić information content (AvgIpc) is 2.29. The highest BCUT2D eigenvalue weighted by Crippen LogP contribution is 2.16. The first kappa shape index (κ1) is 14.9. The van der Waals surface area contributed by atoms with E-state index in [1.54, 1.807) is 0 Å². The van der Waals surface area contributed by atoms with E-state index < -0.39 is 0 Å². The van der Waals surface area contributed by atoms with Crippen LogP contribution in [0.4, 0.5) is 0 Å². The third kappa shape index (κ3) is 5.00. The number of carbonyl (C=O) groups excluding carboxylic acids is 1. The Morgan fingerprint density at radius 3 is 2.61 bits per heavy atom. The van der Waals surface area contributed by atoms with Crippen molar-refractivity contribution in [3.8, 4) is 0 Å². The van der Waals surface area contributed by atoms with Crippen molar-refractivity contribution < 1.29 is 4.79 Å². The average molecular weight is 251 g/mol. The van der Waals surface area contributed by atoms with Gasteiger partial charge in [0, 0.05) is 11.6 Å². The summed E-state index contributed by atoms with van der Waals surface area (Å²) in [6, 6.07) is 0. The van der Waals surface area contributed by atoms with Crippen LogP contribution < -0.4 is 5.32 Å². The highest BCUT2D eigenvalue weighted by molar-refractivity contribution is 5.93. The van der Waals surface area contributed by atoms with Crippen LogP contribution in [-0.2, 0) is 4.79 Å². The van der Waals surface area contributed by atoms with Crippen LogP contribution in [-0.4, -0.2) is 42.8 Å². The smallest absolute Gasteiger partial charge is 0.224 e. The summed E-state index contributed by atoms with van der Waals surface area (Å²) in [6.07, 6.45) is 5.65. The number of carbonyl (C=O) groups is 1. The molecule has 1 aliphatic rings. The first-order valence-corrected chi connectivity index (χ1v) is 6.69. The van der Waals surface area contributed by atoms with Crippen LogP contribution >= 0.6 is 0 Å². The summed E-state index contributed by atoms with van der Waals surface area (Å²) in [4.78, 5) is 18.7. The van der Waals surface area contributed by atoms with E-state index in [1.807, 2.05) is 32.9 Å². The number of likely N-dealkylation sites (tertiary alicyclic amines) is 1. The topological polar surface area (TPSA) is 44.7 Å². The molecular weight excluding hydrogens is 226 g/mol. The number of nitrogens with zero attached hydrogens (tertiary/aromatic N) is 2.